The van der Waals surface area contributed by atoms with Gasteiger partial charge in [-0.25, -0.2) is 9.69 Å². The standard InChI is InChI=1S/C52H78N8O15/c1-14-19-34(43(65)48(70)53-27-40(64)73-26-15-2)55-46(68)37-29-59(28-33-20-17-16-18-21-33)50(72)60(37)49(71)42(31(5)6)58-47(69)41(30(3)4)57-45(67)36(23-25-39(63)75-52(11,12)13)56-44(66)35(54-32(7)61)22-24-38(62)74-51(8,9)10/h15-18,20-21,30-31,34-37,41-42H,2,14,19,22-29H2,1,3-13H3,(H,53,70)(H,54,61)(H,55,68)(H,56,66)(H,57,67)(H,58,69)/t34?,35-,36-,37-,41-,42-/m0/s1. The zero-order valence-electron chi connectivity index (χ0n) is 45.4. The molecule has 0 aliphatic carbocycles. The molecule has 1 aliphatic rings. The van der Waals surface area contributed by atoms with Gasteiger partial charge in [0.1, 0.15) is 54.6 Å². The average Bonchev–Trinajstić information content (AvgIpc) is 3.63. The van der Waals surface area contributed by atoms with Crippen LogP contribution in [0.1, 0.15) is 127 Å². The fraction of sp³-hybridized carbons (Fsp3) is 0.615. The Morgan fingerprint density at radius 3 is 1.71 bits per heavy atom. The maximum atomic E-state index is 14.8. The Bertz CT molecular complexity index is 2240. The van der Waals surface area contributed by atoms with Gasteiger partial charge in [-0.1, -0.05) is 84.0 Å². The number of rotatable bonds is 28. The third-order valence-electron chi connectivity index (χ3n) is 11.0. The molecule has 9 amide bonds. The number of benzene rings is 1. The Morgan fingerprint density at radius 1 is 0.693 bits per heavy atom. The van der Waals surface area contributed by atoms with Gasteiger partial charge >= 0.3 is 23.9 Å². The highest BCUT2D eigenvalue weighted by atomic mass is 16.6. The van der Waals surface area contributed by atoms with Crippen molar-refractivity contribution in [2.75, 3.05) is 19.7 Å². The van der Waals surface area contributed by atoms with Crippen molar-refractivity contribution in [1.29, 1.82) is 0 Å². The van der Waals surface area contributed by atoms with Crippen LogP contribution in [0.5, 0.6) is 0 Å². The molecule has 0 spiro atoms. The van der Waals surface area contributed by atoms with E-state index in [0.717, 1.165) is 6.92 Å². The molecule has 1 aliphatic heterocycles. The topological polar surface area (TPSA) is 311 Å². The van der Waals surface area contributed by atoms with Crippen molar-refractivity contribution in [3.63, 3.8) is 0 Å². The normalized spacial score (nSPS) is 15.5. The number of amides is 9. The van der Waals surface area contributed by atoms with E-state index in [-0.39, 0.29) is 51.8 Å². The summed E-state index contributed by atoms with van der Waals surface area (Å²) < 4.78 is 15.6. The fourth-order valence-corrected chi connectivity index (χ4v) is 7.52. The Balaban J connectivity index is 2.51. The summed E-state index contributed by atoms with van der Waals surface area (Å²) in [6.45, 7) is 21.3. The lowest BCUT2D eigenvalue weighted by Gasteiger charge is -2.31. The van der Waals surface area contributed by atoms with Crippen molar-refractivity contribution >= 4 is 71.1 Å². The quantitative estimate of drug-likeness (QED) is 0.0303. The van der Waals surface area contributed by atoms with E-state index in [2.05, 4.69) is 38.5 Å². The first kappa shape index (κ1) is 63.9. The van der Waals surface area contributed by atoms with Gasteiger partial charge in [-0.15, -0.1) is 0 Å². The number of imide groups is 1. The second-order valence-electron chi connectivity index (χ2n) is 20.8. The maximum Gasteiger partial charge on any atom is 0.327 e. The lowest BCUT2D eigenvalue weighted by Crippen LogP contribution is -2.62. The summed E-state index contributed by atoms with van der Waals surface area (Å²) in [6.07, 6.45) is 0.345. The van der Waals surface area contributed by atoms with Gasteiger partial charge in [-0.2, -0.15) is 0 Å². The number of ketones is 1. The summed E-state index contributed by atoms with van der Waals surface area (Å²) in [4.78, 5) is 164. The SMILES string of the molecule is C=CCOC(=O)CNC(=O)C(=O)C(CCC)NC(=O)[C@@H]1CN(Cc2ccccc2)C(=O)N1C(=O)[C@@H](NC(=O)[C@@H](NC(=O)[C@H](CCC(=O)OC(C)(C)C)NC(=O)[C@H](CCC(=O)OC(C)(C)C)NC(C)=O)C(C)C)C(C)C. The molecule has 23 heteroatoms. The molecule has 6 N–H and O–H groups in total. The van der Waals surface area contributed by atoms with E-state index in [4.69, 9.17) is 14.2 Å². The minimum Gasteiger partial charge on any atom is -0.460 e. The Kier molecular flexibility index (Phi) is 25.2. The lowest BCUT2D eigenvalue weighted by atomic mass is 9.98. The van der Waals surface area contributed by atoms with Gasteiger partial charge in [0.25, 0.3) is 11.8 Å². The van der Waals surface area contributed by atoms with Crippen LogP contribution in [-0.2, 0) is 73.5 Å². The van der Waals surface area contributed by atoms with Crippen molar-refractivity contribution in [2.24, 2.45) is 11.8 Å². The maximum absolute atomic E-state index is 14.8. The van der Waals surface area contributed by atoms with E-state index in [1.807, 2.05) is 0 Å². The first-order valence-electron chi connectivity index (χ1n) is 25.1. The van der Waals surface area contributed by atoms with Crippen LogP contribution in [-0.4, -0.2) is 148 Å². The lowest BCUT2D eigenvalue weighted by molar-refractivity contribution is -0.156. The van der Waals surface area contributed by atoms with Gasteiger partial charge < -0.3 is 51.0 Å². The molecule has 0 radical (unpaired) electrons. The second-order valence-corrected chi connectivity index (χ2v) is 20.8. The Morgan fingerprint density at radius 2 is 1.21 bits per heavy atom. The number of ether oxygens (including phenoxy) is 3. The molecular formula is C52H78N8O15. The summed E-state index contributed by atoms with van der Waals surface area (Å²) >= 11 is 0. The van der Waals surface area contributed by atoms with E-state index in [1.165, 1.54) is 11.0 Å². The summed E-state index contributed by atoms with van der Waals surface area (Å²) in [7, 11) is 0. The van der Waals surface area contributed by atoms with Crippen LogP contribution in [0.2, 0.25) is 0 Å². The minimum absolute atomic E-state index is 0.0379. The van der Waals surface area contributed by atoms with Crippen LogP contribution in [0.25, 0.3) is 0 Å². The van der Waals surface area contributed by atoms with Gasteiger partial charge in [0.15, 0.2) is 0 Å². The molecule has 1 aromatic rings. The van der Waals surface area contributed by atoms with Gasteiger partial charge in [0.2, 0.25) is 35.3 Å². The molecule has 1 unspecified atom stereocenters. The van der Waals surface area contributed by atoms with Crippen molar-refractivity contribution in [3.8, 4) is 0 Å². The smallest absolute Gasteiger partial charge is 0.327 e. The van der Waals surface area contributed by atoms with E-state index in [1.54, 1.807) is 106 Å². The van der Waals surface area contributed by atoms with Crippen LogP contribution >= 0.6 is 0 Å². The molecule has 2 rings (SSSR count). The number of esters is 3. The molecule has 23 nitrogen and oxygen atoms in total. The van der Waals surface area contributed by atoms with Gasteiger partial charge in [-0.05, 0) is 78.2 Å². The molecule has 75 heavy (non-hydrogen) atoms. The van der Waals surface area contributed by atoms with Crippen LogP contribution in [0.15, 0.2) is 43.0 Å². The minimum atomic E-state index is -1.59. The van der Waals surface area contributed by atoms with Crippen LogP contribution < -0.4 is 31.9 Å². The number of hydrogen-bond donors (Lipinski definition) is 6. The predicted octanol–water partition coefficient (Wildman–Crippen LogP) is 2.03. The number of nitrogens with zero attached hydrogens (tertiary/aromatic N) is 2. The molecular weight excluding hydrogens is 977 g/mol. The molecule has 416 valence electrons. The predicted molar refractivity (Wildman–Crippen MR) is 272 cm³/mol. The number of urea groups is 1. The number of carbonyl (C=O) groups excluding carboxylic acids is 12. The van der Waals surface area contributed by atoms with E-state index in [9.17, 15) is 57.5 Å². The highest BCUT2D eigenvalue weighted by Crippen LogP contribution is 2.23. The third-order valence-corrected chi connectivity index (χ3v) is 11.0. The molecule has 0 saturated carbocycles. The van der Waals surface area contributed by atoms with Gasteiger partial charge in [0.05, 0.1) is 12.6 Å². The highest BCUT2D eigenvalue weighted by Gasteiger charge is 2.49. The van der Waals surface area contributed by atoms with Crippen LogP contribution in [0.4, 0.5) is 4.79 Å². The molecule has 1 saturated heterocycles. The molecule has 1 heterocycles. The van der Waals surface area contributed by atoms with Crippen molar-refractivity contribution in [2.45, 2.75) is 176 Å². The summed E-state index contributed by atoms with van der Waals surface area (Å²) in [5.74, 6) is -11.3. The summed E-state index contributed by atoms with van der Waals surface area (Å²) in [5.41, 5.74) is -1.08. The second kappa shape index (κ2) is 29.6. The van der Waals surface area contributed by atoms with E-state index in [0.29, 0.717) is 16.9 Å². The van der Waals surface area contributed by atoms with Crippen molar-refractivity contribution in [1.82, 2.24) is 41.7 Å². The van der Waals surface area contributed by atoms with Gasteiger partial charge in [-0.3, -0.25) is 52.7 Å². The fourth-order valence-electron chi connectivity index (χ4n) is 7.52. The summed E-state index contributed by atoms with van der Waals surface area (Å²) in [5, 5.41) is 14.9. The highest BCUT2D eigenvalue weighted by molar-refractivity contribution is 6.38. The first-order chi connectivity index (χ1) is 34.9. The zero-order valence-corrected chi connectivity index (χ0v) is 45.4. The monoisotopic (exact) mass is 1050 g/mol. The third kappa shape index (κ3) is 22.0. The number of carbonyl (C=O) groups is 12. The summed E-state index contributed by atoms with van der Waals surface area (Å²) in [6, 6.07) is -1.04. The Hall–Kier alpha value is -7.20. The largest absolute Gasteiger partial charge is 0.460 e. The van der Waals surface area contributed by atoms with Crippen LogP contribution in [0.3, 0.4) is 0 Å². The van der Waals surface area contributed by atoms with Gasteiger partial charge in [0, 0.05) is 26.3 Å². The number of Topliss-reactive ketones (excluding diaryl/α,β-unsaturated/α-hetero) is 1. The van der Waals surface area contributed by atoms with Crippen molar-refractivity contribution < 1.29 is 71.7 Å². The molecule has 1 aromatic carbocycles. The zero-order chi connectivity index (χ0) is 57.0. The average molecular weight is 1060 g/mol. The number of nitrogens with one attached hydrogen (secondary N) is 6. The first-order valence-corrected chi connectivity index (χ1v) is 25.1. The molecule has 6 atom stereocenters. The molecule has 1 fully saturated rings. The molecule has 0 aromatic heterocycles. The molecule has 0 bridgehead atoms. The Labute approximate surface area is 439 Å². The van der Waals surface area contributed by atoms with Crippen LogP contribution in [0, 0.1) is 11.8 Å². The number of hydrogen-bond acceptors (Lipinski definition) is 15. The van der Waals surface area contributed by atoms with E-state index >= 15 is 0 Å². The van der Waals surface area contributed by atoms with E-state index < -0.39 is 137 Å². The van der Waals surface area contributed by atoms with Crippen molar-refractivity contribution in [3.05, 3.63) is 48.6 Å².